The van der Waals surface area contributed by atoms with Gasteiger partial charge in [0.15, 0.2) is 0 Å². The van der Waals surface area contributed by atoms with E-state index in [1.165, 1.54) is 23.1 Å². The number of carbonyl (C=O) groups is 5. The monoisotopic (exact) mass is 754 g/mol. The van der Waals surface area contributed by atoms with Gasteiger partial charge in [0.2, 0.25) is 5.91 Å². The molecule has 1 aliphatic rings. The largest absolute Gasteiger partial charge is 0.462 e. The topological polar surface area (TPSA) is 143 Å². The number of benzene rings is 3. The van der Waals surface area contributed by atoms with Crippen LogP contribution in [0.2, 0.25) is 0 Å². The normalized spacial score (nSPS) is 12.7. The number of amides is 4. The molecule has 0 unspecified atom stereocenters. The first kappa shape index (κ1) is 38.8. The van der Waals surface area contributed by atoms with Crippen LogP contribution in [-0.4, -0.2) is 59.2 Å². The van der Waals surface area contributed by atoms with Crippen LogP contribution in [0.1, 0.15) is 70.0 Å². The van der Waals surface area contributed by atoms with Crippen LogP contribution in [0.25, 0.3) is 6.08 Å². The summed E-state index contributed by atoms with van der Waals surface area (Å²) in [5.41, 5.74) is 3.11. The zero-order chi connectivity index (χ0) is 38.1. The number of carbonyl (C=O) groups excluding carboxylic acids is 5. The fourth-order valence-electron chi connectivity index (χ4n) is 5.44. The number of thioether (sulfide) groups is 1. The van der Waals surface area contributed by atoms with Gasteiger partial charge in [0.25, 0.3) is 11.8 Å². The zero-order valence-electron chi connectivity index (χ0n) is 30.2. The predicted octanol–water partition coefficient (Wildman–Crippen LogP) is 7.67. The second-order valence-corrected chi connectivity index (χ2v) is 15.3. The van der Waals surface area contributed by atoms with Crippen LogP contribution in [-0.2, 0) is 32.0 Å². The number of nitrogens with one attached hydrogen (secondary N) is 3. The molecule has 0 radical (unpaired) electrons. The number of anilines is 2. The first-order chi connectivity index (χ1) is 25.3. The average molecular weight is 755 g/mol. The number of nitrogens with zero attached hydrogens (tertiary/aromatic N) is 1. The lowest BCUT2D eigenvalue weighted by Crippen LogP contribution is -2.39. The van der Waals surface area contributed by atoms with Crippen molar-refractivity contribution in [2.45, 2.75) is 58.1 Å². The van der Waals surface area contributed by atoms with Gasteiger partial charge in [-0.1, -0.05) is 54.1 Å². The molecule has 0 saturated carbocycles. The third-order valence-electron chi connectivity index (χ3n) is 7.78. The van der Waals surface area contributed by atoms with E-state index in [-0.39, 0.29) is 30.5 Å². The fourth-order valence-corrected chi connectivity index (χ4v) is 7.46. The molecule has 3 aromatic carbocycles. The molecule has 5 rings (SSSR count). The molecule has 0 fully saturated rings. The lowest BCUT2D eigenvalue weighted by molar-refractivity contribution is -0.114. The van der Waals surface area contributed by atoms with Gasteiger partial charge in [0.05, 0.1) is 24.5 Å². The number of ether oxygens (including phenoxy) is 2. The van der Waals surface area contributed by atoms with Crippen LogP contribution in [0.3, 0.4) is 0 Å². The van der Waals surface area contributed by atoms with Crippen molar-refractivity contribution in [3.05, 3.63) is 117 Å². The van der Waals surface area contributed by atoms with Gasteiger partial charge in [0.1, 0.15) is 16.3 Å². The van der Waals surface area contributed by atoms with Crippen LogP contribution in [0, 0.1) is 6.92 Å². The van der Waals surface area contributed by atoms with Crippen molar-refractivity contribution < 1.29 is 33.4 Å². The Hall–Kier alpha value is -5.40. The molecule has 276 valence electrons. The van der Waals surface area contributed by atoms with Crippen LogP contribution in [0.15, 0.2) is 89.5 Å². The molecule has 11 nitrogen and oxygen atoms in total. The van der Waals surface area contributed by atoms with Gasteiger partial charge in [-0.25, -0.2) is 9.59 Å². The Labute approximate surface area is 317 Å². The van der Waals surface area contributed by atoms with Gasteiger partial charge >= 0.3 is 12.1 Å². The van der Waals surface area contributed by atoms with Crippen molar-refractivity contribution in [3.8, 4) is 0 Å². The third-order valence-corrected chi connectivity index (χ3v) is 9.91. The standard InChI is InChI=1S/C40H42N4O7S2/c1-6-50-38(48)34-30-18-19-44(39(49)51-40(3,4)5)23-32(30)53-37(34)43-33(45)24-52-29-17-11-16-28(22-29)41-36(47)31(21-26-13-10-12-25(2)20-26)42-35(46)27-14-8-7-9-15-27/h7-17,20-22H,6,18-19,23-24H2,1-5H3,(H,41,47)(H,42,46)(H,43,45)/b31-21+. The summed E-state index contributed by atoms with van der Waals surface area (Å²) in [6.07, 6.45) is 1.60. The summed E-state index contributed by atoms with van der Waals surface area (Å²) >= 11 is 2.50. The molecule has 53 heavy (non-hydrogen) atoms. The van der Waals surface area contributed by atoms with Gasteiger partial charge in [-0.2, -0.15) is 0 Å². The molecular formula is C40H42N4O7S2. The first-order valence-electron chi connectivity index (χ1n) is 17.1. The van der Waals surface area contributed by atoms with E-state index >= 15 is 0 Å². The molecule has 0 atom stereocenters. The molecule has 13 heteroatoms. The molecule has 0 aliphatic carbocycles. The van der Waals surface area contributed by atoms with Gasteiger partial charge in [-0.3, -0.25) is 14.4 Å². The highest BCUT2D eigenvalue weighted by Crippen LogP contribution is 2.38. The number of hydrogen-bond acceptors (Lipinski definition) is 9. The van der Waals surface area contributed by atoms with Crippen molar-refractivity contribution in [3.63, 3.8) is 0 Å². The summed E-state index contributed by atoms with van der Waals surface area (Å²) in [5.74, 6) is -1.80. The maximum atomic E-state index is 13.6. The van der Waals surface area contributed by atoms with E-state index in [1.54, 1.807) is 87.2 Å². The predicted molar refractivity (Wildman–Crippen MR) is 208 cm³/mol. The molecule has 4 aromatic rings. The van der Waals surface area contributed by atoms with E-state index in [0.717, 1.165) is 21.6 Å². The average Bonchev–Trinajstić information content (AvgIpc) is 3.47. The fraction of sp³-hybridized carbons (Fsp3) is 0.275. The summed E-state index contributed by atoms with van der Waals surface area (Å²) < 4.78 is 10.9. The van der Waals surface area contributed by atoms with E-state index in [2.05, 4.69) is 16.0 Å². The first-order valence-corrected chi connectivity index (χ1v) is 18.9. The Bertz CT molecular complexity index is 2040. The van der Waals surface area contributed by atoms with E-state index in [9.17, 15) is 24.0 Å². The number of fused-ring (bicyclic) bond motifs is 1. The molecule has 2 heterocycles. The SMILES string of the molecule is CCOC(=O)c1c(NC(=O)CSc2cccc(NC(=O)/C(=C\c3cccc(C)c3)NC(=O)c3ccccc3)c2)sc2c1CCN(C(=O)OC(C)(C)C)C2. The zero-order valence-corrected chi connectivity index (χ0v) is 31.9. The minimum Gasteiger partial charge on any atom is -0.462 e. The van der Waals surface area contributed by atoms with Crippen LogP contribution in [0.5, 0.6) is 0 Å². The highest BCUT2D eigenvalue weighted by Gasteiger charge is 2.32. The summed E-state index contributed by atoms with van der Waals surface area (Å²) in [7, 11) is 0. The Morgan fingerprint density at radius 2 is 1.70 bits per heavy atom. The van der Waals surface area contributed by atoms with E-state index in [0.29, 0.717) is 39.7 Å². The second-order valence-electron chi connectivity index (χ2n) is 13.2. The van der Waals surface area contributed by atoms with E-state index in [1.807, 2.05) is 37.3 Å². The minimum atomic E-state index is -0.646. The Kier molecular flexibility index (Phi) is 12.8. The van der Waals surface area contributed by atoms with Crippen molar-refractivity contribution in [2.24, 2.45) is 0 Å². The summed E-state index contributed by atoms with van der Waals surface area (Å²) in [6, 6.07) is 23.2. The van der Waals surface area contributed by atoms with Crippen molar-refractivity contribution >= 4 is 69.6 Å². The molecule has 1 aromatic heterocycles. The molecule has 0 bridgehead atoms. The Morgan fingerprint density at radius 3 is 2.42 bits per heavy atom. The minimum absolute atomic E-state index is 0.0118. The smallest absolute Gasteiger partial charge is 0.410 e. The van der Waals surface area contributed by atoms with Crippen molar-refractivity contribution in [1.82, 2.24) is 10.2 Å². The van der Waals surface area contributed by atoms with E-state index in [4.69, 9.17) is 9.47 Å². The van der Waals surface area contributed by atoms with Gasteiger partial charge in [-0.05, 0) is 88.6 Å². The third kappa shape index (κ3) is 10.8. The molecule has 3 N–H and O–H groups in total. The highest BCUT2D eigenvalue weighted by molar-refractivity contribution is 8.00. The maximum Gasteiger partial charge on any atom is 0.410 e. The van der Waals surface area contributed by atoms with Gasteiger partial charge in [-0.15, -0.1) is 23.1 Å². The van der Waals surface area contributed by atoms with Crippen molar-refractivity contribution in [1.29, 1.82) is 0 Å². The van der Waals surface area contributed by atoms with Crippen molar-refractivity contribution in [2.75, 3.05) is 29.5 Å². The number of hydrogen-bond donors (Lipinski definition) is 3. The molecular weight excluding hydrogens is 713 g/mol. The van der Waals surface area contributed by atoms with E-state index < -0.39 is 29.5 Å². The Balaban J connectivity index is 1.26. The summed E-state index contributed by atoms with van der Waals surface area (Å²) in [5, 5.41) is 8.87. The van der Waals surface area contributed by atoms with Gasteiger partial charge < -0.3 is 30.3 Å². The highest BCUT2D eigenvalue weighted by atomic mass is 32.2. The summed E-state index contributed by atoms with van der Waals surface area (Å²) in [4.78, 5) is 68.7. The van der Waals surface area contributed by atoms with Gasteiger partial charge in [0, 0.05) is 27.6 Å². The number of aryl methyl sites for hydroxylation is 1. The Morgan fingerprint density at radius 1 is 0.943 bits per heavy atom. The maximum absolute atomic E-state index is 13.6. The lowest BCUT2D eigenvalue weighted by Gasteiger charge is -2.30. The van der Waals surface area contributed by atoms with Crippen LogP contribution >= 0.6 is 23.1 Å². The lowest BCUT2D eigenvalue weighted by atomic mass is 10.0. The van der Waals surface area contributed by atoms with Crippen LogP contribution in [0.4, 0.5) is 15.5 Å². The summed E-state index contributed by atoms with van der Waals surface area (Å²) in [6.45, 7) is 9.86. The second kappa shape index (κ2) is 17.4. The molecule has 1 aliphatic heterocycles. The molecule has 0 spiro atoms. The quantitative estimate of drug-likeness (QED) is 0.0805. The molecule has 4 amide bonds. The number of thiophene rings is 1. The number of rotatable bonds is 11. The molecule has 0 saturated heterocycles. The van der Waals surface area contributed by atoms with Crippen LogP contribution < -0.4 is 16.0 Å². The number of esters is 1.